The van der Waals surface area contributed by atoms with E-state index in [4.69, 9.17) is 4.74 Å². The van der Waals surface area contributed by atoms with Crippen LogP contribution in [0.5, 0.6) is 5.88 Å². The molecule has 23 heavy (non-hydrogen) atoms. The molecule has 0 fully saturated rings. The third-order valence-electron chi connectivity index (χ3n) is 2.90. The zero-order valence-electron chi connectivity index (χ0n) is 12.5. The maximum absolute atomic E-state index is 11.9. The van der Waals surface area contributed by atoms with Crippen molar-refractivity contribution in [1.82, 2.24) is 15.0 Å². The Morgan fingerprint density at radius 3 is 2.91 bits per heavy atom. The van der Waals surface area contributed by atoms with Crippen molar-refractivity contribution in [2.75, 3.05) is 13.7 Å². The van der Waals surface area contributed by atoms with Gasteiger partial charge in [0.1, 0.15) is 4.21 Å². The van der Waals surface area contributed by atoms with Crippen LogP contribution in [-0.4, -0.2) is 33.0 Å². The first-order valence-corrected chi connectivity index (χ1v) is 9.16. The molecule has 0 spiro atoms. The Balaban J connectivity index is 1.75. The highest BCUT2D eigenvalue weighted by atomic mass is 32.2. The van der Waals surface area contributed by atoms with Gasteiger partial charge in [0.25, 0.3) is 0 Å². The number of carbonyl (C=O) groups is 1. The highest BCUT2D eigenvalue weighted by Gasteiger charge is 2.14. The molecule has 2 heterocycles. The van der Waals surface area contributed by atoms with E-state index >= 15 is 0 Å². The van der Waals surface area contributed by atoms with Crippen LogP contribution in [0.1, 0.15) is 12.0 Å². The topological polar surface area (TPSA) is 97.4 Å². The van der Waals surface area contributed by atoms with E-state index in [0.717, 1.165) is 16.9 Å². The Morgan fingerprint density at radius 1 is 1.39 bits per heavy atom. The van der Waals surface area contributed by atoms with Gasteiger partial charge in [-0.2, -0.15) is 0 Å². The van der Waals surface area contributed by atoms with Crippen LogP contribution in [0, 0.1) is 0 Å². The minimum atomic E-state index is -3.53. The molecule has 7 nitrogen and oxygen atoms in total. The Hall–Kier alpha value is -1.97. The third kappa shape index (κ3) is 5.31. The van der Waals surface area contributed by atoms with E-state index in [0.29, 0.717) is 12.4 Å². The Morgan fingerprint density at radius 2 is 2.22 bits per heavy atom. The molecule has 0 saturated heterocycles. The van der Waals surface area contributed by atoms with Gasteiger partial charge in [0.15, 0.2) is 0 Å². The molecule has 2 N–H and O–H groups in total. The number of hydrogen-bond donors (Lipinski definition) is 2. The first-order valence-electron chi connectivity index (χ1n) is 6.80. The largest absolute Gasteiger partial charge is 0.481 e. The summed E-state index contributed by atoms with van der Waals surface area (Å²) in [6.07, 6.45) is 1.66. The SMILES string of the molecule is COc1cc(CNC(=O)CCNS(=O)(=O)c2cccs2)ccn1. The van der Waals surface area contributed by atoms with E-state index in [1.165, 1.54) is 13.2 Å². The number of nitrogens with one attached hydrogen (secondary N) is 2. The van der Waals surface area contributed by atoms with Crippen molar-refractivity contribution in [3.63, 3.8) is 0 Å². The second kappa shape index (κ2) is 8.04. The summed E-state index contributed by atoms with van der Waals surface area (Å²) < 4.78 is 31.4. The normalized spacial score (nSPS) is 11.2. The molecular weight excluding hydrogens is 338 g/mol. The minimum Gasteiger partial charge on any atom is -0.481 e. The molecule has 2 aromatic heterocycles. The molecule has 0 radical (unpaired) electrons. The van der Waals surface area contributed by atoms with Crippen molar-refractivity contribution in [2.24, 2.45) is 0 Å². The molecule has 2 rings (SSSR count). The van der Waals surface area contributed by atoms with Gasteiger partial charge in [0.2, 0.25) is 21.8 Å². The van der Waals surface area contributed by atoms with E-state index in [-0.39, 0.29) is 23.1 Å². The molecule has 0 aliphatic carbocycles. The fraction of sp³-hybridized carbons (Fsp3) is 0.286. The number of rotatable bonds is 8. The highest BCUT2D eigenvalue weighted by Crippen LogP contribution is 2.15. The second-order valence-electron chi connectivity index (χ2n) is 4.56. The summed E-state index contributed by atoms with van der Waals surface area (Å²) in [7, 11) is -2.01. The number of methoxy groups -OCH3 is 1. The monoisotopic (exact) mass is 355 g/mol. The lowest BCUT2D eigenvalue weighted by molar-refractivity contribution is -0.121. The molecule has 124 valence electrons. The zero-order valence-corrected chi connectivity index (χ0v) is 14.1. The first kappa shape index (κ1) is 17.4. The summed E-state index contributed by atoms with van der Waals surface area (Å²) in [5.41, 5.74) is 0.851. The van der Waals surface area contributed by atoms with Crippen molar-refractivity contribution in [2.45, 2.75) is 17.2 Å². The lowest BCUT2D eigenvalue weighted by Gasteiger charge is -2.07. The van der Waals surface area contributed by atoms with Crippen LogP contribution in [0.4, 0.5) is 0 Å². The number of ether oxygens (including phenoxy) is 1. The number of thiophene rings is 1. The summed E-state index contributed by atoms with van der Waals surface area (Å²) in [4.78, 5) is 15.7. The summed E-state index contributed by atoms with van der Waals surface area (Å²) in [5, 5.41) is 4.40. The van der Waals surface area contributed by atoms with Gasteiger partial charge in [0.05, 0.1) is 7.11 Å². The van der Waals surface area contributed by atoms with Crippen LogP contribution >= 0.6 is 11.3 Å². The Bertz CT molecular complexity index is 745. The van der Waals surface area contributed by atoms with Crippen molar-refractivity contribution in [1.29, 1.82) is 0 Å². The van der Waals surface area contributed by atoms with E-state index < -0.39 is 10.0 Å². The van der Waals surface area contributed by atoms with Crippen LogP contribution in [0.2, 0.25) is 0 Å². The summed E-state index contributed by atoms with van der Waals surface area (Å²) in [6, 6.07) is 6.67. The number of nitrogens with zero attached hydrogens (tertiary/aromatic N) is 1. The molecule has 9 heteroatoms. The molecule has 2 aromatic rings. The van der Waals surface area contributed by atoms with Crippen LogP contribution in [-0.2, 0) is 21.4 Å². The molecule has 1 amide bonds. The summed E-state index contributed by atoms with van der Waals surface area (Å²) >= 11 is 1.13. The van der Waals surface area contributed by atoms with E-state index in [9.17, 15) is 13.2 Å². The van der Waals surface area contributed by atoms with Gasteiger partial charge < -0.3 is 10.1 Å². The standard InChI is InChI=1S/C14H17N3O4S2/c1-21-13-9-11(4-6-15-13)10-16-12(18)5-7-17-23(19,20)14-3-2-8-22-14/h2-4,6,8-9,17H,5,7,10H2,1H3,(H,16,18). The van der Waals surface area contributed by atoms with Gasteiger partial charge in [-0.1, -0.05) is 6.07 Å². The predicted molar refractivity (Wildman–Crippen MR) is 86.8 cm³/mol. The average molecular weight is 355 g/mol. The van der Waals surface area contributed by atoms with Crippen LogP contribution < -0.4 is 14.8 Å². The lowest BCUT2D eigenvalue weighted by atomic mass is 10.2. The molecule has 0 saturated carbocycles. The number of pyridine rings is 1. The Kier molecular flexibility index (Phi) is 6.08. The zero-order chi connectivity index (χ0) is 16.7. The molecular formula is C14H17N3O4S2. The predicted octanol–water partition coefficient (Wildman–Crippen LogP) is 1.14. The Labute approximate surface area is 138 Å². The maximum Gasteiger partial charge on any atom is 0.250 e. The molecule has 0 aliphatic heterocycles. The van der Waals surface area contributed by atoms with Crippen molar-refractivity contribution >= 4 is 27.3 Å². The maximum atomic E-state index is 11.9. The number of carbonyl (C=O) groups excluding carboxylic acids is 1. The van der Waals surface area contributed by atoms with Gasteiger partial charge >= 0.3 is 0 Å². The van der Waals surface area contributed by atoms with E-state index in [2.05, 4.69) is 15.0 Å². The molecule has 0 aliphatic rings. The number of amides is 1. The molecule has 0 unspecified atom stereocenters. The summed E-state index contributed by atoms with van der Waals surface area (Å²) in [5.74, 6) is 0.232. The van der Waals surface area contributed by atoms with E-state index in [1.54, 1.807) is 29.8 Å². The molecule has 0 aromatic carbocycles. The smallest absolute Gasteiger partial charge is 0.250 e. The quantitative estimate of drug-likeness (QED) is 0.740. The van der Waals surface area contributed by atoms with Gasteiger partial charge in [-0.05, 0) is 23.1 Å². The fourth-order valence-corrected chi connectivity index (χ4v) is 3.82. The highest BCUT2D eigenvalue weighted by molar-refractivity contribution is 7.91. The van der Waals surface area contributed by atoms with Crippen LogP contribution in [0.15, 0.2) is 40.1 Å². The fourth-order valence-electron chi connectivity index (χ4n) is 1.75. The van der Waals surface area contributed by atoms with Crippen LogP contribution in [0.3, 0.4) is 0 Å². The summed E-state index contributed by atoms with van der Waals surface area (Å²) in [6.45, 7) is 0.376. The van der Waals surface area contributed by atoms with Crippen LogP contribution in [0.25, 0.3) is 0 Å². The number of sulfonamides is 1. The average Bonchev–Trinajstić information content (AvgIpc) is 3.08. The third-order valence-corrected chi connectivity index (χ3v) is 5.76. The number of aromatic nitrogens is 1. The van der Waals surface area contributed by atoms with Crippen molar-refractivity contribution < 1.29 is 17.9 Å². The van der Waals surface area contributed by atoms with Gasteiger partial charge in [-0.25, -0.2) is 18.1 Å². The lowest BCUT2D eigenvalue weighted by Crippen LogP contribution is -2.30. The molecule has 0 bridgehead atoms. The minimum absolute atomic E-state index is 0.0474. The van der Waals surface area contributed by atoms with Crippen molar-refractivity contribution in [3.8, 4) is 5.88 Å². The van der Waals surface area contributed by atoms with Crippen molar-refractivity contribution in [3.05, 3.63) is 41.4 Å². The van der Waals surface area contributed by atoms with Gasteiger partial charge in [-0.3, -0.25) is 4.79 Å². The first-order chi connectivity index (χ1) is 11.0. The van der Waals surface area contributed by atoms with E-state index in [1.807, 2.05) is 0 Å². The molecule has 0 atom stereocenters. The second-order valence-corrected chi connectivity index (χ2v) is 7.50. The number of hydrogen-bond acceptors (Lipinski definition) is 6. The van der Waals surface area contributed by atoms with Gasteiger partial charge in [0, 0.05) is 31.8 Å². The van der Waals surface area contributed by atoms with Gasteiger partial charge in [-0.15, -0.1) is 11.3 Å².